The van der Waals surface area contributed by atoms with Crippen LogP contribution in [-0.2, 0) is 10.5 Å². The van der Waals surface area contributed by atoms with Gasteiger partial charge in [0.1, 0.15) is 16.4 Å². The van der Waals surface area contributed by atoms with Gasteiger partial charge in [-0.3, -0.25) is 9.59 Å². The number of nitrogens with zero attached hydrogens (tertiary/aromatic N) is 1. The lowest BCUT2D eigenvalue weighted by atomic mass is 10.1. The summed E-state index contributed by atoms with van der Waals surface area (Å²) in [5.74, 6) is 1.46. The minimum absolute atomic E-state index is 0.134. The van der Waals surface area contributed by atoms with Crippen molar-refractivity contribution in [3.8, 4) is 16.9 Å². The third-order valence-corrected chi connectivity index (χ3v) is 7.06. The highest BCUT2D eigenvalue weighted by Crippen LogP contribution is 2.31. The second-order valence-corrected chi connectivity index (χ2v) is 9.54. The first kappa shape index (κ1) is 22.1. The van der Waals surface area contributed by atoms with Crippen LogP contribution in [0.2, 0.25) is 0 Å². The fraction of sp³-hybridized carbons (Fsp3) is 0.208. The highest BCUT2D eigenvalue weighted by atomic mass is 32.2. The molecule has 1 unspecified atom stereocenters. The quantitative estimate of drug-likeness (QED) is 0.390. The molecule has 8 heteroatoms. The van der Waals surface area contributed by atoms with Gasteiger partial charge in [-0.1, -0.05) is 36.4 Å². The van der Waals surface area contributed by atoms with Crippen LogP contribution in [0.15, 0.2) is 58.7 Å². The molecule has 6 nitrogen and oxygen atoms in total. The van der Waals surface area contributed by atoms with Crippen LogP contribution in [-0.4, -0.2) is 28.2 Å². The summed E-state index contributed by atoms with van der Waals surface area (Å²) >= 11 is 2.87. The molecule has 0 saturated carbocycles. The first-order valence-corrected chi connectivity index (χ1v) is 12.0. The number of aryl methyl sites for hydroxylation is 1. The van der Waals surface area contributed by atoms with Gasteiger partial charge in [0.15, 0.2) is 0 Å². The van der Waals surface area contributed by atoms with Crippen LogP contribution >= 0.6 is 23.1 Å². The van der Waals surface area contributed by atoms with Crippen LogP contribution in [0.4, 0.5) is 5.69 Å². The number of carbonyl (C=O) groups excluding carboxylic acids is 1. The minimum Gasteiger partial charge on any atom is -0.495 e. The van der Waals surface area contributed by atoms with Crippen molar-refractivity contribution in [2.75, 3.05) is 12.4 Å². The standard InChI is InChI=1S/C24H23N3O3S2/c1-14-9-10-19(30-3)18(11-14)25-22(28)15(2)31-13-20-26-23(29)21-17(12-32-24(21)27-20)16-7-5-4-6-8-16/h4-12,15H,13H2,1-3H3,(H,25,28)(H,26,27,29). The number of ether oxygens (including phenoxy) is 1. The summed E-state index contributed by atoms with van der Waals surface area (Å²) in [7, 11) is 1.57. The van der Waals surface area contributed by atoms with E-state index in [1.165, 1.54) is 23.1 Å². The number of anilines is 1. The number of amides is 1. The first-order chi connectivity index (χ1) is 15.5. The van der Waals surface area contributed by atoms with E-state index >= 15 is 0 Å². The first-order valence-electron chi connectivity index (χ1n) is 10.1. The smallest absolute Gasteiger partial charge is 0.260 e. The molecule has 0 spiro atoms. The monoisotopic (exact) mass is 465 g/mol. The van der Waals surface area contributed by atoms with Crippen molar-refractivity contribution >= 4 is 44.9 Å². The predicted molar refractivity (Wildman–Crippen MR) is 133 cm³/mol. The Morgan fingerprint density at radius 2 is 2.03 bits per heavy atom. The molecule has 2 heterocycles. The Balaban J connectivity index is 1.47. The van der Waals surface area contributed by atoms with E-state index in [1.54, 1.807) is 7.11 Å². The normalized spacial score (nSPS) is 12.0. The van der Waals surface area contributed by atoms with E-state index in [4.69, 9.17) is 4.74 Å². The van der Waals surface area contributed by atoms with Crippen LogP contribution < -0.4 is 15.6 Å². The fourth-order valence-corrected chi connectivity index (χ4v) is 5.05. The van der Waals surface area contributed by atoms with Gasteiger partial charge in [0.25, 0.3) is 5.56 Å². The highest BCUT2D eigenvalue weighted by Gasteiger charge is 2.18. The van der Waals surface area contributed by atoms with E-state index in [0.717, 1.165) is 16.7 Å². The van der Waals surface area contributed by atoms with Gasteiger partial charge in [-0.15, -0.1) is 23.1 Å². The third kappa shape index (κ3) is 4.71. The van der Waals surface area contributed by atoms with Gasteiger partial charge in [0.2, 0.25) is 5.91 Å². The number of benzene rings is 2. The average molecular weight is 466 g/mol. The predicted octanol–water partition coefficient (Wildman–Crippen LogP) is 5.23. The van der Waals surface area contributed by atoms with Gasteiger partial charge < -0.3 is 15.0 Å². The maximum Gasteiger partial charge on any atom is 0.260 e. The largest absolute Gasteiger partial charge is 0.495 e. The van der Waals surface area contributed by atoms with E-state index in [1.807, 2.05) is 67.8 Å². The number of aromatic amines is 1. The van der Waals surface area contributed by atoms with Gasteiger partial charge in [-0.25, -0.2) is 4.98 Å². The lowest BCUT2D eigenvalue weighted by Crippen LogP contribution is -2.23. The second-order valence-electron chi connectivity index (χ2n) is 7.35. The molecule has 4 rings (SSSR count). The van der Waals surface area contributed by atoms with Gasteiger partial charge in [-0.2, -0.15) is 0 Å². The Bertz CT molecular complexity index is 1320. The van der Waals surface area contributed by atoms with Crippen molar-refractivity contribution in [3.05, 3.63) is 75.7 Å². The topological polar surface area (TPSA) is 84.1 Å². The molecule has 0 radical (unpaired) electrons. The SMILES string of the molecule is COc1ccc(C)cc1NC(=O)C(C)SCc1nc2scc(-c3ccccc3)c2c(=O)[nH]1. The van der Waals surface area contributed by atoms with E-state index in [-0.39, 0.29) is 16.7 Å². The molecule has 0 saturated heterocycles. The summed E-state index contributed by atoms with van der Waals surface area (Å²) in [4.78, 5) is 33.7. The number of rotatable bonds is 7. The number of hydrogen-bond acceptors (Lipinski definition) is 6. The number of hydrogen-bond donors (Lipinski definition) is 2. The maximum absolute atomic E-state index is 12.8. The summed E-state index contributed by atoms with van der Waals surface area (Å²) in [6.45, 7) is 3.79. The van der Waals surface area contributed by atoms with Gasteiger partial charge in [0.05, 0.1) is 29.2 Å². The van der Waals surface area contributed by atoms with Crippen LogP contribution in [0.3, 0.4) is 0 Å². The van der Waals surface area contributed by atoms with E-state index in [0.29, 0.717) is 33.2 Å². The Labute approximate surface area is 194 Å². The molecule has 0 aliphatic carbocycles. The lowest BCUT2D eigenvalue weighted by Gasteiger charge is -2.14. The number of thioether (sulfide) groups is 1. The molecule has 164 valence electrons. The molecule has 4 aromatic rings. The molecule has 2 aromatic heterocycles. The summed E-state index contributed by atoms with van der Waals surface area (Å²) in [5.41, 5.74) is 3.39. The number of nitrogens with one attached hydrogen (secondary N) is 2. The van der Waals surface area contributed by atoms with Gasteiger partial charge in [0, 0.05) is 10.9 Å². The fourth-order valence-electron chi connectivity index (χ4n) is 3.33. The number of methoxy groups -OCH3 is 1. The molecule has 0 aliphatic heterocycles. The van der Waals surface area contributed by atoms with Crippen LogP contribution in [0.25, 0.3) is 21.3 Å². The Kier molecular flexibility index (Phi) is 6.62. The highest BCUT2D eigenvalue weighted by molar-refractivity contribution is 7.99. The minimum atomic E-state index is -0.343. The van der Waals surface area contributed by atoms with E-state index in [9.17, 15) is 9.59 Å². The van der Waals surface area contributed by atoms with Crippen molar-refractivity contribution in [2.24, 2.45) is 0 Å². The summed E-state index contributed by atoms with van der Waals surface area (Å²) in [6, 6.07) is 15.4. The maximum atomic E-state index is 12.8. The zero-order valence-corrected chi connectivity index (χ0v) is 19.6. The number of H-pyrrole nitrogens is 1. The van der Waals surface area contributed by atoms with Crippen molar-refractivity contribution < 1.29 is 9.53 Å². The zero-order valence-electron chi connectivity index (χ0n) is 18.0. The number of aromatic nitrogens is 2. The molecule has 32 heavy (non-hydrogen) atoms. The molecule has 0 aliphatic rings. The number of fused-ring (bicyclic) bond motifs is 1. The van der Waals surface area contributed by atoms with Crippen molar-refractivity contribution in [3.63, 3.8) is 0 Å². The Hall–Kier alpha value is -3.10. The van der Waals surface area contributed by atoms with Gasteiger partial charge in [-0.05, 0) is 37.1 Å². The van der Waals surface area contributed by atoms with E-state index in [2.05, 4.69) is 15.3 Å². The van der Waals surface area contributed by atoms with Crippen LogP contribution in [0.1, 0.15) is 18.3 Å². The average Bonchev–Trinajstić information content (AvgIpc) is 3.23. The molecule has 1 atom stereocenters. The second kappa shape index (κ2) is 9.58. The number of carbonyl (C=O) groups is 1. The Morgan fingerprint density at radius 3 is 2.78 bits per heavy atom. The molecule has 0 fully saturated rings. The third-order valence-electron chi connectivity index (χ3n) is 5.03. The van der Waals surface area contributed by atoms with E-state index < -0.39 is 0 Å². The molecule has 1 amide bonds. The zero-order chi connectivity index (χ0) is 22.7. The molecule has 2 N–H and O–H groups in total. The van der Waals surface area contributed by atoms with Crippen molar-refractivity contribution in [1.29, 1.82) is 0 Å². The van der Waals surface area contributed by atoms with Crippen molar-refractivity contribution in [1.82, 2.24) is 9.97 Å². The lowest BCUT2D eigenvalue weighted by molar-refractivity contribution is -0.115. The summed E-state index contributed by atoms with van der Waals surface area (Å²) in [5, 5.41) is 5.15. The Morgan fingerprint density at radius 1 is 1.25 bits per heavy atom. The van der Waals surface area contributed by atoms with Crippen LogP contribution in [0, 0.1) is 6.92 Å². The molecule has 0 bridgehead atoms. The number of thiophene rings is 1. The molecular weight excluding hydrogens is 442 g/mol. The molecule has 2 aromatic carbocycles. The van der Waals surface area contributed by atoms with Gasteiger partial charge >= 0.3 is 0 Å². The molecular formula is C24H23N3O3S2. The summed E-state index contributed by atoms with van der Waals surface area (Å²) in [6.07, 6.45) is 0. The van der Waals surface area contributed by atoms with Crippen molar-refractivity contribution in [2.45, 2.75) is 24.9 Å². The summed E-state index contributed by atoms with van der Waals surface area (Å²) < 4.78 is 5.33. The van der Waals surface area contributed by atoms with Crippen LogP contribution in [0.5, 0.6) is 5.75 Å².